The second kappa shape index (κ2) is 4.53. The number of hydrogen-bond acceptors (Lipinski definition) is 4. The fraction of sp³-hybridized carbons (Fsp3) is 0.818. The van der Waals surface area contributed by atoms with Crippen molar-refractivity contribution in [2.24, 2.45) is 5.92 Å². The van der Waals surface area contributed by atoms with Crippen LogP contribution in [0.4, 0.5) is 13.2 Å². The maximum atomic E-state index is 12.2. The van der Waals surface area contributed by atoms with Gasteiger partial charge >= 0.3 is 6.18 Å². The van der Waals surface area contributed by atoms with E-state index < -0.39 is 12.6 Å². The molecule has 1 saturated heterocycles. The fourth-order valence-electron chi connectivity index (χ4n) is 2.34. The van der Waals surface area contributed by atoms with E-state index in [9.17, 15) is 13.2 Å². The van der Waals surface area contributed by atoms with Gasteiger partial charge in [0, 0.05) is 6.54 Å². The summed E-state index contributed by atoms with van der Waals surface area (Å²) in [6, 6.07) is 0. The molecule has 0 saturated carbocycles. The molecule has 18 heavy (non-hydrogen) atoms. The maximum absolute atomic E-state index is 12.2. The maximum Gasteiger partial charge on any atom is 0.396 e. The monoisotopic (exact) mass is 263 g/mol. The number of alkyl halides is 3. The first-order valence-electron chi connectivity index (χ1n) is 5.94. The summed E-state index contributed by atoms with van der Waals surface area (Å²) in [6.07, 6.45) is -4.64. The van der Waals surface area contributed by atoms with Crippen molar-refractivity contribution in [3.8, 4) is 0 Å². The molecule has 1 aliphatic heterocycles. The molecule has 1 aliphatic rings. The molecule has 2 rings (SSSR count). The van der Waals surface area contributed by atoms with Gasteiger partial charge in [-0.3, -0.25) is 0 Å². The number of nitrogens with zero attached hydrogens (tertiary/aromatic N) is 2. The highest BCUT2D eigenvalue weighted by Crippen LogP contribution is 2.37. The van der Waals surface area contributed by atoms with Crippen LogP contribution >= 0.6 is 0 Å². The van der Waals surface area contributed by atoms with Crippen molar-refractivity contribution in [1.29, 1.82) is 0 Å². The molecule has 0 spiro atoms. The summed E-state index contributed by atoms with van der Waals surface area (Å²) in [4.78, 5) is 3.93. The van der Waals surface area contributed by atoms with Crippen molar-refractivity contribution in [2.45, 2.75) is 38.3 Å². The van der Waals surface area contributed by atoms with Crippen molar-refractivity contribution in [2.75, 3.05) is 13.1 Å². The van der Waals surface area contributed by atoms with Gasteiger partial charge in [0.25, 0.3) is 0 Å². The highest BCUT2D eigenvalue weighted by molar-refractivity contribution is 5.12. The van der Waals surface area contributed by atoms with E-state index in [1.165, 1.54) is 0 Å². The second-order valence-electron chi connectivity index (χ2n) is 5.05. The molecule has 1 N–H and O–H groups in total. The third kappa shape index (κ3) is 2.50. The molecule has 1 fully saturated rings. The molecule has 0 radical (unpaired) electrons. The van der Waals surface area contributed by atoms with Crippen molar-refractivity contribution >= 4 is 0 Å². The summed E-state index contributed by atoms with van der Waals surface area (Å²) < 4.78 is 41.8. The molecule has 7 heteroatoms. The summed E-state index contributed by atoms with van der Waals surface area (Å²) >= 11 is 0. The number of hydrogen-bond donors (Lipinski definition) is 1. The Labute approximate surface area is 103 Å². The van der Waals surface area contributed by atoms with Gasteiger partial charge in [-0.05, 0) is 18.9 Å². The molecule has 1 unspecified atom stereocenters. The zero-order valence-corrected chi connectivity index (χ0v) is 10.3. The zero-order chi connectivity index (χ0) is 13.4. The molecule has 4 nitrogen and oxygen atoms in total. The quantitative estimate of drug-likeness (QED) is 0.907. The second-order valence-corrected chi connectivity index (χ2v) is 5.05. The highest BCUT2D eigenvalue weighted by Gasteiger charge is 2.44. The van der Waals surface area contributed by atoms with E-state index in [0.29, 0.717) is 12.4 Å². The van der Waals surface area contributed by atoms with Gasteiger partial charge in [0.2, 0.25) is 5.89 Å². The summed E-state index contributed by atoms with van der Waals surface area (Å²) in [5.74, 6) is 0.262. The lowest BCUT2D eigenvalue weighted by atomic mass is 9.76. The third-order valence-electron chi connectivity index (χ3n) is 3.55. The zero-order valence-electron chi connectivity index (χ0n) is 10.3. The van der Waals surface area contributed by atoms with E-state index in [1.54, 1.807) is 0 Å². The molecule has 102 valence electrons. The Kier molecular flexibility index (Phi) is 3.35. The van der Waals surface area contributed by atoms with Gasteiger partial charge < -0.3 is 9.84 Å². The van der Waals surface area contributed by atoms with Crippen LogP contribution in [0.3, 0.4) is 0 Å². The van der Waals surface area contributed by atoms with Crippen LogP contribution in [-0.2, 0) is 11.8 Å². The minimum atomic E-state index is -4.31. The van der Waals surface area contributed by atoms with Gasteiger partial charge in [0.05, 0.1) is 5.41 Å². The summed E-state index contributed by atoms with van der Waals surface area (Å²) in [6.45, 7) is 5.51. The third-order valence-corrected chi connectivity index (χ3v) is 3.55. The standard InChI is InChI=1S/C11H16F3N3O/c1-7(2)10(3-4-15-6-10)9-16-8(17-18-9)5-11(12,13)14/h7,15H,3-6H2,1-2H3. The Morgan fingerprint density at radius 2 is 2.17 bits per heavy atom. The molecular formula is C11H16F3N3O. The van der Waals surface area contributed by atoms with Gasteiger partial charge in [-0.1, -0.05) is 19.0 Å². The van der Waals surface area contributed by atoms with Gasteiger partial charge in [0.1, 0.15) is 6.42 Å². The number of aromatic nitrogens is 2. The normalized spacial score (nSPS) is 25.0. The van der Waals surface area contributed by atoms with E-state index in [0.717, 1.165) is 13.0 Å². The largest absolute Gasteiger partial charge is 0.396 e. The molecule has 1 aromatic rings. The number of halogens is 3. The first kappa shape index (κ1) is 13.3. The smallest absolute Gasteiger partial charge is 0.339 e. The van der Waals surface area contributed by atoms with Gasteiger partial charge in [-0.2, -0.15) is 18.2 Å². The van der Waals surface area contributed by atoms with Crippen molar-refractivity contribution in [3.05, 3.63) is 11.7 Å². The number of rotatable bonds is 3. The molecule has 1 atom stereocenters. The summed E-state index contributed by atoms with van der Waals surface area (Å²) in [5.41, 5.74) is -0.336. The molecule has 0 bridgehead atoms. The summed E-state index contributed by atoms with van der Waals surface area (Å²) in [7, 11) is 0. The Bertz CT molecular complexity index is 408. The van der Waals surface area contributed by atoms with Crippen molar-refractivity contribution in [1.82, 2.24) is 15.5 Å². The van der Waals surface area contributed by atoms with Gasteiger partial charge in [-0.15, -0.1) is 0 Å². The van der Waals surface area contributed by atoms with Crippen LogP contribution in [-0.4, -0.2) is 29.4 Å². The topological polar surface area (TPSA) is 51.0 Å². The minimum absolute atomic E-state index is 0.228. The average Bonchev–Trinajstić information content (AvgIpc) is 2.82. The minimum Gasteiger partial charge on any atom is -0.339 e. The van der Waals surface area contributed by atoms with Crippen LogP contribution < -0.4 is 5.32 Å². The lowest BCUT2D eigenvalue weighted by Gasteiger charge is -2.28. The Balaban J connectivity index is 2.23. The van der Waals surface area contributed by atoms with E-state index in [1.807, 2.05) is 13.8 Å². The van der Waals surface area contributed by atoms with Gasteiger partial charge in [-0.25, -0.2) is 0 Å². The Hall–Kier alpha value is -1.11. The first-order valence-corrected chi connectivity index (χ1v) is 5.94. The van der Waals surface area contributed by atoms with Crippen LogP contribution in [0, 0.1) is 5.92 Å². The van der Waals surface area contributed by atoms with Crippen molar-refractivity contribution < 1.29 is 17.7 Å². The van der Waals surface area contributed by atoms with Gasteiger partial charge in [0.15, 0.2) is 5.82 Å². The Morgan fingerprint density at radius 3 is 2.67 bits per heavy atom. The highest BCUT2D eigenvalue weighted by atomic mass is 19.4. The van der Waals surface area contributed by atoms with E-state index in [4.69, 9.17) is 4.52 Å². The Morgan fingerprint density at radius 1 is 1.44 bits per heavy atom. The van der Waals surface area contributed by atoms with Crippen LogP contribution in [0.15, 0.2) is 4.52 Å². The van der Waals surface area contributed by atoms with Crippen molar-refractivity contribution in [3.63, 3.8) is 0 Å². The summed E-state index contributed by atoms with van der Waals surface area (Å²) in [5, 5.41) is 6.64. The number of nitrogens with one attached hydrogen (secondary N) is 1. The molecule has 0 aromatic carbocycles. The van der Waals surface area contributed by atoms with E-state index in [2.05, 4.69) is 15.5 Å². The molecule has 0 amide bonds. The predicted molar refractivity (Wildman–Crippen MR) is 58.1 cm³/mol. The first-order chi connectivity index (χ1) is 8.33. The van der Waals surface area contributed by atoms with Crippen LogP contribution in [0.2, 0.25) is 0 Å². The molecule has 0 aliphatic carbocycles. The van der Waals surface area contributed by atoms with Crippen LogP contribution in [0.5, 0.6) is 0 Å². The fourth-order valence-corrected chi connectivity index (χ4v) is 2.34. The lowest BCUT2D eigenvalue weighted by Crippen LogP contribution is -2.35. The lowest BCUT2D eigenvalue weighted by molar-refractivity contribution is -0.128. The van der Waals surface area contributed by atoms with E-state index >= 15 is 0 Å². The predicted octanol–water partition coefficient (Wildman–Crippen LogP) is 2.06. The van der Waals surface area contributed by atoms with Crippen LogP contribution in [0.25, 0.3) is 0 Å². The average molecular weight is 263 g/mol. The SMILES string of the molecule is CC(C)C1(c2nc(CC(F)(F)F)no2)CCNC1. The molecule has 2 heterocycles. The molecular weight excluding hydrogens is 247 g/mol. The van der Waals surface area contributed by atoms with E-state index in [-0.39, 0.29) is 17.2 Å². The molecule has 1 aromatic heterocycles. The van der Waals surface area contributed by atoms with Crippen LogP contribution in [0.1, 0.15) is 32.0 Å².